The molecule has 0 saturated carbocycles. The van der Waals surface area contributed by atoms with Gasteiger partial charge in [-0.2, -0.15) is 0 Å². The number of hydrogen-bond acceptors (Lipinski definition) is 4. The summed E-state index contributed by atoms with van der Waals surface area (Å²) in [5.74, 6) is -0.647. The van der Waals surface area contributed by atoms with Crippen molar-refractivity contribution >= 4 is 27.5 Å². The van der Waals surface area contributed by atoms with Gasteiger partial charge in [0, 0.05) is 12.6 Å². The van der Waals surface area contributed by atoms with Gasteiger partial charge in [0.05, 0.1) is 11.9 Å². The number of aryl methyl sites for hydroxylation is 2. The Bertz CT molecular complexity index is 1060. The van der Waals surface area contributed by atoms with Crippen molar-refractivity contribution < 1.29 is 18.0 Å². The number of carbonyl (C=O) groups excluding carboxylic acids is 2. The highest BCUT2D eigenvalue weighted by Gasteiger charge is 2.32. The fraction of sp³-hybridized carbons (Fsp3) is 0.462. The molecule has 2 amide bonds. The molecule has 0 bridgehead atoms. The zero-order valence-corrected chi connectivity index (χ0v) is 21.9. The molecule has 0 heterocycles. The van der Waals surface area contributed by atoms with Gasteiger partial charge >= 0.3 is 0 Å². The summed E-state index contributed by atoms with van der Waals surface area (Å²) in [5.41, 5.74) is 3.06. The van der Waals surface area contributed by atoms with Gasteiger partial charge in [-0.3, -0.25) is 13.9 Å². The van der Waals surface area contributed by atoms with Crippen LogP contribution in [0.2, 0.25) is 0 Å². The molecule has 186 valence electrons. The molecule has 0 radical (unpaired) electrons. The van der Waals surface area contributed by atoms with Crippen LogP contribution in [0.3, 0.4) is 0 Å². The van der Waals surface area contributed by atoms with Crippen LogP contribution in [0, 0.1) is 13.8 Å². The van der Waals surface area contributed by atoms with E-state index in [4.69, 9.17) is 0 Å². The maximum Gasteiger partial charge on any atom is 0.244 e. The van der Waals surface area contributed by atoms with Crippen LogP contribution >= 0.6 is 0 Å². The first kappa shape index (κ1) is 27.4. The summed E-state index contributed by atoms with van der Waals surface area (Å²) in [4.78, 5) is 28.1. The molecule has 2 aromatic rings. The molecular formula is C26H37N3O4S. The van der Waals surface area contributed by atoms with E-state index in [0.29, 0.717) is 25.1 Å². The van der Waals surface area contributed by atoms with Crippen molar-refractivity contribution in [1.82, 2.24) is 10.2 Å². The number of para-hydroxylation sites is 1. The second-order valence-electron chi connectivity index (χ2n) is 8.92. The lowest BCUT2D eigenvalue weighted by Gasteiger charge is -2.33. The normalized spacial score (nSPS) is 12.3. The van der Waals surface area contributed by atoms with E-state index in [1.165, 1.54) is 4.90 Å². The number of hydrogen-bond donors (Lipinski definition) is 1. The lowest BCUT2D eigenvalue weighted by molar-refractivity contribution is -0.139. The molecule has 0 saturated heterocycles. The van der Waals surface area contributed by atoms with Crippen LogP contribution in [0.15, 0.2) is 48.5 Å². The van der Waals surface area contributed by atoms with Crippen molar-refractivity contribution in [3.63, 3.8) is 0 Å². The second-order valence-corrected chi connectivity index (χ2v) is 10.8. The Hall–Kier alpha value is -2.87. The molecule has 0 unspecified atom stereocenters. The van der Waals surface area contributed by atoms with Crippen LogP contribution in [-0.2, 0) is 26.0 Å². The van der Waals surface area contributed by atoms with E-state index in [1.807, 2.05) is 83.1 Å². The van der Waals surface area contributed by atoms with Gasteiger partial charge in [0.1, 0.15) is 12.6 Å². The van der Waals surface area contributed by atoms with Gasteiger partial charge in [-0.1, -0.05) is 55.5 Å². The number of carbonyl (C=O) groups is 2. The van der Waals surface area contributed by atoms with E-state index in [-0.39, 0.29) is 18.5 Å². The Kier molecular flexibility index (Phi) is 9.67. The molecule has 0 fully saturated rings. The number of nitrogens with one attached hydrogen (secondary N) is 1. The van der Waals surface area contributed by atoms with Crippen molar-refractivity contribution in [3.8, 4) is 0 Å². The molecule has 1 N–H and O–H groups in total. The molecular weight excluding hydrogens is 450 g/mol. The maximum absolute atomic E-state index is 13.6. The maximum atomic E-state index is 13.6. The third-order valence-electron chi connectivity index (χ3n) is 5.67. The third-order valence-corrected chi connectivity index (χ3v) is 6.78. The quantitative estimate of drug-likeness (QED) is 0.526. The van der Waals surface area contributed by atoms with Crippen molar-refractivity contribution in [2.45, 2.75) is 59.5 Å². The molecule has 34 heavy (non-hydrogen) atoms. The molecule has 0 aliphatic rings. The van der Waals surface area contributed by atoms with Gasteiger partial charge in [0.2, 0.25) is 21.8 Å². The van der Waals surface area contributed by atoms with E-state index in [2.05, 4.69) is 5.32 Å². The van der Waals surface area contributed by atoms with Crippen LogP contribution in [0.4, 0.5) is 5.69 Å². The Morgan fingerprint density at radius 3 is 2.06 bits per heavy atom. The summed E-state index contributed by atoms with van der Waals surface area (Å²) < 4.78 is 26.7. The Balaban J connectivity index is 2.42. The van der Waals surface area contributed by atoms with Crippen molar-refractivity contribution in [1.29, 1.82) is 0 Å². The van der Waals surface area contributed by atoms with Gasteiger partial charge in [-0.15, -0.1) is 0 Å². The first-order chi connectivity index (χ1) is 16.0. The average molecular weight is 488 g/mol. The highest BCUT2D eigenvalue weighted by molar-refractivity contribution is 7.92. The summed E-state index contributed by atoms with van der Waals surface area (Å²) in [6, 6.07) is 14.4. The van der Waals surface area contributed by atoms with Crippen molar-refractivity contribution in [2.75, 3.05) is 23.7 Å². The smallest absolute Gasteiger partial charge is 0.244 e. The van der Waals surface area contributed by atoms with E-state index in [0.717, 1.165) is 27.3 Å². The number of amides is 2. The lowest BCUT2D eigenvalue weighted by atomic mass is 10.1. The summed E-state index contributed by atoms with van der Waals surface area (Å²) >= 11 is 0. The summed E-state index contributed by atoms with van der Waals surface area (Å²) in [5, 5.41) is 2.90. The van der Waals surface area contributed by atoms with E-state index in [1.54, 1.807) is 0 Å². The molecule has 0 spiro atoms. The molecule has 2 rings (SSSR count). The zero-order valence-electron chi connectivity index (χ0n) is 21.0. The van der Waals surface area contributed by atoms with Crippen molar-refractivity contribution in [3.05, 3.63) is 65.2 Å². The molecule has 0 aliphatic heterocycles. The number of sulfonamides is 1. The first-order valence-corrected chi connectivity index (χ1v) is 13.5. The molecule has 1 atom stereocenters. The van der Waals surface area contributed by atoms with Gasteiger partial charge in [-0.25, -0.2) is 8.42 Å². The number of anilines is 1. The monoisotopic (exact) mass is 487 g/mol. The zero-order chi connectivity index (χ0) is 25.5. The van der Waals surface area contributed by atoms with E-state index < -0.39 is 22.0 Å². The minimum Gasteiger partial charge on any atom is -0.352 e. The molecule has 7 nitrogen and oxygen atoms in total. The standard InChI is InChI=1S/C26H37N3O4S/c1-7-23(26(31)27-19(2)3)28(17-16-22-14-9-8-10-15-22)24(30)18-29(34(6,32)33)25-20(4)12-11-13-21(25)5/h8-15,19,23H,7,16-18H2,1-6H3,(H,27,31)/t23-/m0/s1. The summed E-state index contributed by atoms with van der Waals surface area (Å²) in [7, 11) is -3.75. The van der Waals surface area contributed by atoms with Gasteiger partial charge in [0.25, 0.3) is 0 Å². The van der Waals surface area contributed by atoms with Gasteiger partial charge in [-0.05, 0) is 57.2 Å². The molecule has 0 aliphatic carbocycles. The predicted octanol–water partition coefficient (Wildman–Crippen LogP) is 3.44. The van der Waals surface area contributed by atoms with E-state index in [9.17, 15) is 18.0 Å². The second kappa shape index (κ2) is 12.0. The third kappa shape index (κ3) is 7.32. The summed E-state index contributed by atoms with van der Waals surface area (Å²) in [6.45, 7) is 9.17. The van der Waals surface area contributed by atoms with Crippen LogP contribution in [0.1, 0.15) is 43.9 Å². The Morgan fingerprint density at radius 1 is 0.971 bits per heavy atom. The van der Waals surface area contributed by atoms with E-state index >= 15 is 0 Å². The van der Waals surface area contributed by atoms with Gasteiger partial charge < -0.3 is 10.2 Å². The molecule has 2 aromatic carbocycles. The molecule has 0 aromatic heterocycles. The van der Waals surface area contributed by atoms with Crippen LogP contribution < -0.4 is 9.62 Å². The summed E-state index contributed by atoms with van der Waals surface area (Å²) in [6.07, 6.45) is 2.07. The average Bonchev–Trinajstić information content (AvgIpc) is 2.75. The van der Waals surface area contributed by atoms with Crippen LogP contribution in [0.5, 0.6) is 0 Å². The lowest BCUT2D eigenvalue weighted by Crippen LogP contribution is -2.54. The topological polar surface area (TPSA) is 86.8 Å². The fourth-order valence-electron chi connectivity index (χ4n) is 4.05. The predicted molar refractivity (Wildman–Crippen MR) is 137 cm³/mol. The minimum absolute atomic E-state index is 0.0743. The fourth-order valence-corrected chi connectivity index (χ4v) is 5.02. The first-order valence-electron chi connectivity index (χ1n) is 11.6. The number of benzene rings is 2. The largest absolute Gasteiger partial charge is 0.352 e. The minimum atomic E-state index is -3.75. The van der Waals surface area contributed by atoms with Crippen LogP contribution in [-0.4, -0.2) is 56.6 Å². The highest BCUT2D eigenvalue weighted by Crippen LogP contribution is 2.27. The SMILES string of the molecule is CC[C@@H](C(=O)NC(C)C)N(CCc1ccccc1)C(=O)CN(c1c(C)cccc1C)S(C)(=O)=O. The number of nitrogens with zero attached hydrogens (tertiary/aromatic N) is 2. The number of rotatable bonds is 11. The molecule has 8 heteroatoms. The van der Waals surface area contributed by atoms with Gasteiger partial charge in [0.15, 0.2) is 0 Å². The van der Waals surface area contributed by atoms with Crippen molar-refractivity contribution in [2.24, 2.45) is 0 Å². The Labute approximate surface area is 204 Å². The van der Waals surface area contributed by atoms with Crippen LogP contribution in [0.25, 0.3) is 0 Å². The Morgan fingerprint density at radius 2 is 1.56 bits per heavy atom. The highest BCUT2D eigenvalue weighted by atomic mass is 32.2.